The predicted molar refractivity (Wildman–Crippen MR) is 99.5 cm³/mol. The van der Waals surface area contributed by atoms with E-state index in [1.807, 2.05) is 12.1 Å². The van der Waals surface area contributed by atoms with Crippen LogP contribution in [0.15, 0.2) is 48.5 Å². The molecular formula is C22H26FNO2. The molecule has 2 aromatic carbocycles. The number of aliphatic hydroxyl groups is 1. The Morgan fingerprint density at radius 3 is 2.12 bits per heavy atom. The first-order valence-electron chi connectivity index (χ1n) is 9.46. The number of benzene rings is 2. The van der Waals surface area contributed by atoms with Crippen molar-refractivity contribution in [2.24, 2.45) is 11.8 Å². The molecular weight excluding hydrogens is 329 g/mol. The van der Waals surface area contributed by atoms with Crippen LogP contribution in [0.3, 0.4) is 0 Å². The Balaban J connectivity index is 1.29. The summed E-state index contributed by atoms with van der Waals surface area (Å²) in [4.78, 5) is 2.50. The van der Waals surface area contributed by atoms with Gasteiger partial charge in [-0.15, -0.1) is 0 Å². The van der Waals surface area contributed by atoms with Gasteiger partial charge in [0, 0.05) is 26.1 Å². The van der Waals surface area contributed by atoms with Crippen LogP contribution in [0, 0.1) is 17.7 Å². The van der Waals surface area contributed by atoms with Gasteiger partial charge in [-0.3, -0.25) is 0 Å². The topological polar surface area (TPSA) is 43.7 Å². The van der Waals surface area contributed by atoms with Gasteiger partial charge in [0.15, 0.2) is 0 Å². The molecule has 1 saturated heterocycles. The summed E-state index contributed by atoms with van der Waals surface area (Å²) in [5.74, 6) is 1.19. The summed E-state index contributed by atoms with van der Waals surface area (Å²) in [6.45, 7) is 3.12. The molecule has 138 valence electrons. The molecule has 2 aliphatic rings. The van der Waals surface area contributed by atoms with Gasteiger partial charge in [-0.2, -0.15) is 0 Å². The third-order valence-electron chi connectivity index (χ3n) is 6.04. The maximum atomic E-state index is 13.1. The van der Waals surface area contributed by atoms with Gasteiger partial charge >= 0.3 is 0 Å². The van der Waals surface area contributed by atoms with Gasteiger partial charge in [0.05, 0.1) is 5.60 Å². The van der Waals surface area contributed by atoms with Gasteiger partial charge in [0.1, 0.15) is 11.6 Å². The number of phenolic OH excluding ortho intramolecular Hbond substituents is 1. The molecule has 3 nitrogen and oxygen atoms in total. The van der Waals surface area contributed by atoms with E-state index in [1.165, 1.54) is 17.7 Å². The van der Waals surface area contributed by atoms with Gasteiger partial charge in [0.25, 0.3) is 0 Å². The van der Waals surface area contributed by atoms with Crippen LogP contribution in [0.5, 0.6) is 5.75 Å². The summed E-state index contributed by atoms with van der Waals surface area (Å²) >= 11 is 0. The Hall–Kier alpha value is -1.91. The lowest BCUT2D eigenvalue weighted by atomic mass is 9.91. The van der Waals surface area contributed by atoms with E-state index in [9.17, 15) is 14.6 Å². The van der Waals surface area contributed by atoms with Crippen molar-refractivity contribution < 1.29 is 14.6 Å². The molecule has 2 fully saturated rings. The minimum Gasteiger partial charge on any atom is -0.508 e. The standard InChI is InChI=1S/C22H26FNO2/c23-20-5-1-17(2-6-20)11-22(26)12-18-14-24(15-19(18)13-22)10-9-16-3-7-21(25)8-4-16/h1-8,18-19,25-26H,9-15H2/t18-,19+,22-. The number of likely N-dealkylation sites (tertiary alicyclic amines) is 1. The SMILES string of the molecule is Oc1ccc(CCN2C[C@@H]3C[C@@](O)(Cc4ccc(F)cc4)C[C@@H]3C2)cc1. The van der Waals surface area contributed by atoms with Crippen molar-refractivity contribution in [1.29, 1.82) is 0 Å². The highest BCUT2D eigenvalue weighted by Gasteiger charge is 2.47. The Morgan fingerprint density at radius 2 is 1.50 bits per heavy atom. The van der Waals surface area contributed by atoms with Crippen molar-refractivity contribution >= 4 is 0 Å². The maximum absolute atomic E-state index is 13.1. The Bertz CT molecular complexity index is 730. The number of fused-ring (bicyclic) bond motifs is 1. The Kier molecular flexibility index (Phi) is 4.72. The van der Waals surface area contributed by atoms with Gasteiger partial charge in [0.2, 0.25) is 0 Å². The van der Waals surface area contributed by atoms with Crippen molar-refractivity contribution in [1.82, 2.24) is 4.90 Å². The summed E-state index contributed by atoms with van der Waals surface area (Å²) in [5.41, 5.74) is 1.61. The third kappa shape index (κ3) is 3.92. The average Bonchev–Trinajstić information content (AvgIpc) is 3.11. The van der Waals surface area contributed by atoms with Crippen molar-refractivity contribution in [3.05, 3.63) is 65.5 Å². The molecule has 1 heterocycles. The number of halogens is 1. The fourth-order valence-corrected chi connectivity index (χ4v) is 4.82. The molecule has 0 unspecified atom stereocenters. The van der Waals surface area contributed by atoms with Crippen molar-refractivity contribution in [3.63, 3.8) is 0 Å². The lowest BCUT2D eigenvalue weighted by Gasteiger charge is -2.26. The summed E-state index contributed by atoms with van der Waals surface area (Å²) in [6, 6.07) is 13.9. The minimum atomic E-state index is -0.643. The molecule has 4 rings (SSSR count). The van der Waals surface area contributed by atoms with E-state index >= 15 is 0 Å². The molecule has 1 aliphatic heterocycles. The summed E-state index contributed by atoms with van der Waals surface area (Å²) in [5, 5.41) is 20.4. The molecule has 0 amide bonds. The maximum Gasteiger partial charge on any atom is 0.123 e. The normalized spacial score (nSPS) is 28.4. The van der Waals surface area contributed by atoms with Crippen LogP contribution in [-0.2, 0) is 12.8 Å². The van der Waals surface area contributed by atoms with Crippen LogP contribution in [0.1, 0.15) is 24.0 Å². The first-order chi connectivity index (χ1) is 12.5. The van der Waals surface area contributed by atoms with Crippen LogP contribution in [-0.4, -0.2) is 40.3 Å². The van der Waals surface area contributed by atoms with Gasteiger partial charge in [-0.05, 0) is 66.5 Å². The van der Waals surface area contributed by atoms with E-state index in [0.717, 1.165) is 44.5 Å². The van der Waals surface area contributed by atoms with Crippen LogP contribution >= 0.6 is 0 Å². The molecule has 3 atom stereocenters. The zero-order chi connectivity index (χ0) is 18.1. The second-order valence-electron chi connectivity index (χ2n) is 8.13. The highest BCUT2D eigenvalue weighted by Crippen LogP contribution is 2.45. The molecule has 2 N–H and O–H groups in total. The summed E-state index contributed by atoms with van der Waals surface area (Å²) in [7, 11) is 0. The number of hydrogen-bond donors (Lipinski definition) is 2. The molecule has 2 aromatic rings. The van der Waals surface area contributed by atoms with E-state index < -0.39 is 5.60 Å². The first kappa shape index (κ1) is 17.5. The fourth-order valence-electron chi connectivity index (χ4n) is 4.82. The summed E-state index contributed by atoms with van der Waals surface area (Å²) in [6.07, 6.45) is 3.28. The molecule has 1 saturated carbocycles. The number of nitrogens with zero attached hydrogens (tertiary/aromatic N) is 1. The highest BCUT2D eigenvalue weighted by molar-refractivity contribution is 5.26. The third-order valence-corrected chi connectivity index (χ3v) is 6.04. The van der Waals surface area contributed by atoms with Crippen molar-refractivity contribution in [3.8, 4) is 5.75 Å². The number of aromatic hydroxyl groups is 1. The molecule has 1 aliphatic carbocycles. The average molecular weight is 355 g/mol. The highest BCUT2D eigenvalue weighted by atomic mass is 19.1. The zero-order valence-corrected chi connectivity index (χ0v) is 14.9. The van der Waals surface area contributed by atoms with E-state index in [2.05, 4.69) is 4.90 Å². The van der Waals surface area contributed by atoms with Crippen molar-refractivity contribution in [2.45, 2.75) is 31.3 Å². The molecule has 26 heavy (non-hydrogen) atoms. The number of hydrogen-bond acceptors (Lipinski definition) is 3. The lowest BCUT2D eigenvalue weighted by molar-refractivity contribution is 0.0355. The van der Waals surface area contributed by atoms with Crippen LogP contribution in [0.25, 0.3) is 0 Å². The predicted octanol–water partition coefficient (Wildman–Crippen LogP) is 3.39. The second kappa shape index (κ2) is 7.01. The molecule has 0 bridgehead atoms. The quantitative estimate of drug-likeness (QED) is 0.864. The number of phenols is 1. The van der Waals surface area contributed by atoms with E-state index in [-0.39, 0.29) is 5.82 Å². The molecule has 0 radical (unpaired) electrons. The number of rotatable bonds is 5. The van der Waals surface area contributed by atoms with E-state index in [0.29, 0.717) is 24.0 Å². The van der Waals surface area contributed by atoms with Crippen LogP contribution in [0.2, 0.25) is 0 Å². The Morgan fingerprint density at radius 1 is 0.923 bits per heavy atom. The van der Waals surface area contributed by atoms with Crippen LogP contribution < -0.4 is 0 Å². The van der Waals surface area contributed by atoms with Gasteiger partial charge < -0.3 is 15.1 Å². The molecule has 0 aromatic heterocycles. The van der Waals surface area contributed by atoms with Gasteiger partial charge in [-0.25, -0.2) is 4.39 Å². The smallest absolute Gasteiger partial charge is 0.123 e. The minimum absolute atomic E-state index is 0.228. The fraction of sp³-hybridized carbons (Fsp3) is 0.455. The molecule has 0 spiro atoms. The largest absolute Gasteiger partial charge is 0.508 e. The zero-order valence-electron chi connectivity index (χ0n) is 14.9. The monoisotopic (exact) mass is 355 g/mol. The lowest BCUT2D eigenvalue weighted by Crippen LogP contribution is -2.32. The van der Waals surface area contributed by atoms with Crippen molar-refractivity contribution in [2.75, 3.05) is 19.6 Å². The summed E-state index contributed by atoms with van der Waals surface area (Å²) < 4.78 is 13.1. The van der Waals surface area contributed by atoms with E-state index in [4.69, 9.17) is 0 Å². The first-order valence-corrected chi connectivity index (χ1v) is 9.46. The van der Waals surface area contributed by atoms with E-state index in [1.54, 1.807) is 24.3 Å². The van der Waals surface area contributed by atoms with Crippen LogP contribution in [0.4, 0.5) is 4.39 Å². The Labute approximate surface area is 154 Å². The molecule has 4 heteroatoms. The van der Waals surface area contributed by atoms with Gasteiger partial charge in [-0.1, -0.05) is 24.3 Å². The second-order valence-corrected chi connectivity index (χ2v) is 8.13.